The Morgan fingerprint density at radius 2 is 2.12 bits per heavy atom. The van der Waals surface area contributed by atoms with E-state index in [9.17, 15) is 10.1 Å². The fraction of sp³-hybridized carbons (Fsp3) is 0.579. The van der Waals surface area contributed by atoms with Crippen molar-refractivity contribution >= 4 is 6.09 Å². The summed E-state index contributed by atoms with van der Waals surface area (Å²) in [5.74, 6) is 0. The van der Waals surface area contributed by atoms with Crippen molar-refractivity contribution in [2.24, 2.45) is 0 Å². The number of ether oxygens (including phenoxy) is 1. The van der Waals surface area contributed by atoms with Gasteiger partial charge in [0, 0.05) is 19.1 Å². The first kappa shape index (κ1) is 18.3. The second-order valence-corrected chi connectivity index (χ2v) is 7.27. The number of rotatable bonds is 4. The number of amides is 1. The molecule has 0 aliphatic carbocycles. The highest BCUT2D eigenvalue weighted by Gasteiger charge is 2.24. The van der Waals surface area contributed by atoms with Crippen molar-refractivity contribution in [3.8, 4) is 6.07 Å². The zero-order valence-corrected chi connectivity index (χ0v) is 14.8. The lowest BCUT2D eigenvalue weighted by atomic mass is 10.00. The molecule has 1 saturated heterocycles. The second kappa shape index (κ2) is 8.16. The first-order valence-electron chi connectivity index (χ1n) is 8.58. The molecule has 1 fully saturated rings. The highest BCUT2D eigenvalue weighted by Crippen LogP contribution is 2.21. The van der Waals surface area contributed by atoms with Crippen LogP contribution in [0.4, 0.5) is 4.79 Å². The van der Waals surface area contributed by atoms with E-state index in [4.69, 9.17) is 4.74 Å². The van der Waals surface area contributed by atoms with Gasteiger partial charge in [-0.15, -0.1) is 0 Å². The monoisotopic (exact) mass is 329 g/mol. The topological polar surface area (TPSA) is 65.4 Å². The smallest absolute Gasteiger partial charge is 0.407 e. The van der Waals surface area contributed by atoms with Gasteiger partial charge in [-0.05, 0) is 51.8 Å². The molecule has 1 heterocycles. The molecule has 130 valence electrons. The number of hydrogen-bond acceptors (Lipinski definition) is 4. The number of nitrogens with one attached hydrogen (secondary N) is 1. The highest BCUT2D eigenvalue weighted by atomic mass is 16.6. The summed E-state index contributed by atoms with van der Waals surface area (Å²) in [5.41, 5.74) is 1.29. The van der Waals surface area contributed by atoms with Gasteiger partial charge in [0.2, 0.25) is 0 Å². The van der Waals surface area contributed by atoms with Crippen molar-refractivity contribution in [3.05, 3.63) is 35.4 Å². The van der Waals surface area contributed by atoms with Gasteiger partial charge in [0.1, 0.15) is 5.60 Å². The molecule has 1 aromatic rings. The summed E-state index contributed by atoms with van der Waals surface area (Å²) in [5, 5.41) is 12.1. The Morgan fingerprint density at radius 3 is 2.83 bits per heavy atom. The number of nitriles is 1. The molecule has 0 saturated carbocycles. The summed E-state index contributed by atoms with van der Waals surface area (Å²) in [6, 6.07) is 10.3. The molecule has 1 aliphatic rings. The molecule has 0 unspecified atom stereocenters. The number of piperidine rings is 1. The van der Waals surface area contributed by atoms with E-state index < -0.39 is 5.60 Å². The van der Waals surface area contributed by atoms with E-state index in [0.717, 1.165) is 43.5 Å². The molecule has 0 aromatic heterocycles. The van der Waals surface area contributed by atoms with Crippen molar-refractivity contribution in [1.82, 2.24) is 10.2 Å². The fourth-order valence-corrected chi connectivity index (χ4v) is 3.00. The molecule has 0 radical (unpaired) electrons. The van der Waals surface area contributed by atoms with Crippen molar-refractivity contribution in [3.63, 3.8) is 0 Å². The van der Waals surface area contributed by atoms with E-state index in [2.05, 4.69) is 16.3 Å². The normalized spacial score (nSPS) is 18.7. The number of carbonyl (C=O) groups excluding carboxylic acids is 1. The summed E-state index contributed by atoms with van der Waals surface area (Å²) in [7, 11) is 0. The molecular weight excluding hydrogens is 302 g/mol. The molecule has 1 amide bonds. The molecule has 5 heteroatoms. The molecule has 5 nitrogen and oxygen atoms in total. The van der Waals surface area contributed by atoms with Crippen LogP contribution < -0.4 is 5.32 Å². The summed E-state index contributed by atoms with van der Waals surface area (Å²) >= 11 is 0. The SMILES string of the molecule is CC(C)(C)OC(=O)NC[C@@H]1CCCCN1Cc1ccccc1C#N. The molecule has 1 atom stereocenters. The Bertz CT molecular complexity index is 601. The Balaban J connectivity index is 1.95. The summed E-state index contributed by atoms with van der Waals surface area (Å²) in [6.45, 7) is 7.88. The predicted octanol–water partition coefficient (Wildman–Crippen LogP) is 3.44. The Kier molecular flexibility index (Phi) is 6.22. The van der Waals surface area contributed by atoms with Gasteiger partial charge < -0.3 is 10.1 Å². The van der Waals surface area contributed by atoms with Crippen LogP contribution in [0.3, 0.4) is 0 Å². The Labute approximate surface area is 144 Å². The number of benzene rings is 1. The summed E-state index contributed by atoms with van der Waals surface area (Å²) in [6.07, 6.45) is 2.99. The van der Waals surface area contributed by atoms with Crippen LogP contribution in [0.1, 0.15) is 51.2 Å². The minimum absolute atomic E-state index is 0.276. The van der Waals surface area contributed by atoms with E-state index in [1.54, 1.807) is 0 Å². The predicted molar refractivity (Wildman–Crippen MR) is 93.4 cm³/mol. The van der Waals surface area contributed by atoms with Gasteiger partial charge in [-0.1, -0.05) is 24.6 Å². The minimum atomic E-state index is -0.484. The fourth-order valence-electron chi connectivity index (χ4n) is 3.00. The van der Waals surface area contributed by atoms with E-state index in [-0.39, 0.29) is 12.1 Å². The third-order valence-electron chi connectivity index (χ3n) is 4.14. The standard InChI is InChI=1S/C19H27N3O2/c1-19(2,3)24-18(23)21-13-17-10-6-7-11-22(17)14-16-9-5-4-8-15(16)12-20/h4-5,8-9,17H,6-7,10-11,13-14H2,1-3H3,(H,21,23)/t17-/m0/s1. The lowest BCUT2D eigenvalue weighted by Crippen LogP contribution is -2.47. The quantitative estimate of drug-likeness (QED) is 0.919. The van der Waals surface area contributed by atoms with E-state index in [0.29, 0.717) is 6.54 Å². The largest absolute Gasteiger partial charge is 0.444 e. The van der Waals surface area contributed by atoms with Crippen LogP contribution in [0.15, 0.2) is 24.3 Å². The van der Waals surface area contributed by atoms with Crippen molar-refractivity contribution < 1.29 is 9.53 Å². The van der Waals surface area contributed by atoms with Gasteiger partial charge >= 0.3 is 6.09 Å². The maximum atomic E-state index is 11.9. The number of nitrogens with zero attached hydrogens (tertiary/aromatic N) is 2. The van der Waals surface area contributed by atoms with Crippen LogP contribution in [-0.2, 0) is 11.3 Å². The van der Waals surface area contributed by atoms with E-state index >= 15 is 0 Å². The van der Waals surface area contributed by atoms with Crippen molar-refractivity contribution in [2.75, 3.05) is 13.1 Å². The molecule has 24 heavy (non-hydrogen) atoms. The third kappa shape index (κ3) is 5.54. The summed E-state index contributed by atoms with van der Waals surface area (Å²) < 4.78 is 5.31. The number of hydrogen-bond donors (Lipinski definition) is 1. The molecule has 2 rings (SSSR count). The lowest BCUT2D eigenvalue weighted by Gasteiger charge is -2.36. The molecule has 0 bridgehead atoms. The Morgan fingerprint density at radius 1 is 1.38 bits per heavy atom. The highest BCUT2D eigenvalue weighted by molar-refractivity contribution is 5.67. The van der Waals surface area contributed by atoms with Gasteiger partial charge in [0.15, 0.2) is 0 Å². The van der Waals surface area contributed by atoms with Crippen LogP contribution >= 0.6 is 0 Å². The molecular formula is C19H27N3O2. The van der Waals surface area contributed by atoms with Crippen molar-refractivity contribution in [1.29, 1.82) is 5.26 Å². The van der Waals surface area contributed by atoms with Crippen LogP contribution in [-0.4, -0.2) is 35.7 Å². The number of alkyl carbamates (subject to hydrolysis) is 1. The molecule has 0 spiro atoms. The second-order valence-electron chi connectivity index (χ2n) is 7.27. The number of likely N-dealkylation sites (tertiary alicyclic amines) is 1. The average Bonchev–Trinajstić information content (AvgIpc) is 2.53. The van der Waals surface area contributed by atoms with Crippen LogP contribution in [0.25, 0.3) is 0 Å². The first-order chi connectivity index (χ1) is 11.4. The lowest BCUT2D eigenvalue weighted by molar-refractivity contribution is 0.0492. The van der Waals surface area contributed by atoms with Crippen LogP contribution in [0.5, 0.6) is 0 Å². The van der Waals surface area contributed by atoms with Crippen molar-refractivity contribution in [2.45, 2.75) is 58.2 Å². The van der Waals surface area contributed by atoms with Crippen LogP contribution in [0.2, 0.25) is 0 Å². The van der Waals surface area contributed by atoms with E-state index in [1.807, 2.05) is 45.0 Å². The maximum absolute atomic E-state index is 11.9. The van der Waals surface area contributed by atoms with E-state index in [1.165, 1.54) is 0 Å². The summed E-state index contributed by atoms with van der Waals surface area (Å²) in [4.78, 5) is 14.2. The zero-order chi connectivity index (χ0) is 17.6. The third-order valence-corrected chi connectivity index (χ3v) is 4.14. The van der Waals surface area contributed by atoms with Gasteiger partial charge in [0.05, 0.1) is 11.6 Å². The number of carbonyl (C=O) groups is 1. The molecule has 1 aliphatic heterocycles. The zero-order valence-electron chi connectivity index (χ0n) is 14.8. The van der Waals surface area contributed by atoms with Gasteiger partial charge in [-0.2, -0.15) is 5.26 Å². The molecule has 1 aromatic carbocycles. The van der Waals surface area contributed by atoms with Gasteiger partial charge in [-0.3, -0.25) is 4.90 Å². The average molecular weight is 329 g/mol. The Hall–Kier alpha value is -2.06. The maximum Gasteiger partial charge on any atom is 0.407 e. The first-order valence-corrected chi connectivity index (χ1v) is 8.58. The minimum Gasteiger partial charge on any atom is -0.444 e. The van der Waals surface area contributed by atoms with Gasteiger partial charge in [-0.25, -0.2) is 4.79 Å². The van der Waals surface area contributed by atoms with Crippen LogP contribution in [0, 0.1) is 11.3 Å². The molecule has 1 N–H and O–H groups in total. The van der Waals surface area contributed by atoms with Gasteiger partial charge in [0.25, 0.3) is 0 Å².